The van der Waals surface area contributed by atoms with E-state index in [1.54, 1.807) is 0 Å². The predicted octanol–water partition coefficient (Wildman–Crippen LogP) is 0.654. The number of hydrogen-bond donors (Lipinski definition) is 3. The van der Waals surface area contributed by atoms with Gasteiger partial charge in [-0.2, -0.15) is 0 Å². The number of aliphatic hydroxyl groups is 2. The zero-order valence-corrected chi connectivity index (χ0v) is 9.67. The standard InChI is InChI=1S/C12H17NO4/c1-9(15)11(7-14)13-12(16)17-8-10-5-3-2-4-6-10/h2-6,9,11,14-15H,7-8H2,1H3,(H,13,16)/t9?,11-/m1/s1. The van der Waals surface area contributed by atoms with E-state index in [-0.39, 0.29) is 13.2 Å². The highest BCUT2D eigenvalue weighted by Crippen LogP contribution is 2.01. The van der Waals surface area contributed by atoms with Crippen LogP contribution in [0.15, 0.2) is 30.3 Å². The third-order valence-electron chi connectivity index (χ3n) is 2.30. The monoisotopic (exact) mass is 239 g/mol. The van der Waals surface area contributed by atoms with E-state index in [4.69, 9.17) is 9.84 Å². The molecule has 0 aliphatic carbocycles. The molecule has 0 aliphatic rings. The van der Waals surface area contributed by atoms with Gasteiger partial charge in [-0.25, -0.2) is 4.79 Å². The molecule has 17 heavy (non-hydrogen) atoms. The number of rotatable bonds is 5. The van der Waals surface area contributed by atoms with Gasteiger partial charge in [-0.3, -0.25) is 0 Å². The molecule has 5 heteroatoms. The van der Waals surface area contributed by atoms with Gasteiger partial charge in [0, 0.05) is 0 Å². The lowest BCUT2D eigenvalue weighted by Gasteiger charge is -2.18. The molecule has 0 saturated carbocycles. The molecule has 0 radical (unpaired) electrons. The summed E-state index contributed by atoms with van der Waals surface area (Å²) in [6.45, 7) is 1.31. The highest BCUT2D eigenvalue weighted by Gasteiger charge is 2.16. The second-order valence-electron chi connectivity index (χ2n) is 3.74. The van der Waals surface area contributed by atoms with Gasteiger partial charge in [0.1, 0.15) is 6.61 Å². The fraction of sp³-hybridized carbons (Fsp3) is 0.417. The molecule has 0 bridgehead atoms. The van der Waals surface area contributed by atoms with Gasteiger partial charge in [-0.05, 0) is 12.5 Å². The maximum absolute atomic E-state index is 11.3. The molecule has 2 atom stereocenters. The molecule has 5 nitrogen and oxygen atoms in total. The van der Waals surface area contributed by atoms with Crippen LogP contribution in [0.4, 0.5) is 4.79 Å². The van der Waals surface area contributed by atoms with Crippen LogP contribution in [0, 0.1) is 0 Å². The zero-order valence-electron chi connectivity index (χ0n) is 9.67. The van der Waals surface area contributed by atoms with E-state index in [9.17, 15) is 9.90 Å². The van der Waals surface area contributed by atoms with Crippen molar-refractivity contribution in [1.82, 2.24) is 5.32 Å². The van der Waals surface area contributed by atoms with Crippen molar-refractivity contribution >= 4 is 6.09 Å². The number of aliphatic hydroxyl groups excluding tert-OH is 2. The van der Waals surface area contributed by atoms with Crippen LogP contribution in [0.25, 0.3) is 0 Å². The summed E-state index contributed by atoms with van der Waals surface area (Å²) >= 11 is 0. The van der Waals surface area contributed by atoms with Crippen LogP contribution in [0.1, 0.15) is 12.5 Å². The van der Waals surface area contributed by atoms with Crippen molar-refractivity contribution < 1.29 is 19.7 Å². The number of alkyl carbamates (subject to hydrolysis) is 1. The quantitative estimate of drug-likeness (QED) is 0.705. The van der Waals surface area contributed by atoms with Crippen molar-refractivity contribution in [2.45, 2.75) is 25.7 Å². The number of carbonyl (C=O) groups is 1. The fourth-order valence-corrected chi connectivity index (χ4v) is 1.23. The third kappa shape index (κ3) is 4.84. The Labute approximate surface area is 100 Å². The first-order chi connectivity index (χ1) is 8.13. The van der Waals surface area contributed by atoms with Crippen LogP contribution >= 0.6 is 0 Å². The Balaban J connectivity index is 2.35. The van der Waals surface area contributed by atoms with Crippen LogP contribution < -0.4 is 5.32 Å². The molecule has 1 aromatic rings. The first-order valence-corrected chi connectivity index (χ1v) is 5.39. The lowest BCUT2D eigenvalue weighted by Crippen LogP contribution is -2.44. The Bertz CT molecular complexity index is 340. The normalized spacial score (nSPS) is 13.8. The molecule has 1 unspecified atom stereocenters. The molecule has 0 fully saturated rings. The average Bonchev–Trinajstić information content (AvgIpc) is 2.34. The minimum Gasteiger partial charge on any atom is -0.445 e. The Morgan fingerprint density at radius 3 is 2.59 bits per heavy atom. The smallest absolute Gasteiger partial charge is 0.407 e. The van der Waals surface area contributed by atoms with Crippen LogP contribution in [0.5, 0.6) is 0 Å². The Hall–Kier alpha value is -1.59. The molecule has 94 valence electrons. The molecule has 1 rings (SSSR count). The van der Waals surface area contributed by atoms with Gasteiger partial charge in [0.05, 0.1) is 18.8 Å². The molecule has 3 N–H and O–H groups in total. The number of amides is 1. The lowest BCUT2D eigenvalue weighted by atomic mass is 10.2. The van der Waals surface area contributed by atoms with E-state index in [1.165, 1.54) is 6.92 Å². The van der Waals surface area contributed by atoms with Crippen LogP contribution in [-0.4, -0.2) is 35.1 Å². The van der Waals surface area contributed by atoms with Gasteiger partial charge in [-0.1, -0.05) is 30.3 Å². The number of hydrogen-bond acceptors (Lipinski definition) is 4. The first kappa shape index (κ1) is 13.5. The van der Waals surface area contributed by atoms with Crippen molar-refractivity contribution in [3.05, 3.63) is 35.9 Å². The van der Waals surface area contributed by atoms with E-state index in [2.05, 4.69) is 5.32 Å². The number of benzene rings is 1. The zero-order chi connectivity index (χ0) is 12.7. The van der Waals surface area contributed by atoms with Crippen molar-refractivity contribution in [3.63, 3.8) is 0 Å². The fourth-order valence-electron chi connectivity index (χ4n) is 1.23. The third-order valence-corrected chi connectivity index (χ3v) is 2.30. The van der Waals surface area contributed by atoms with Gasteiger partial charge < -0.3 is 20.3 Å². The van der Waals surface area contributed by atoms with Crippen molar-refractivity contribution in [1.29, 1.82) is 0 Å². The van der Waals surface area contributed by atoms with Gasteiger partial charge >= 0.3 is 6.09 Å². The largest absolute Gasteiger partial charge is 0.445 e. The maximum atomic E-state index is 11.3. The lowest BCUT2D eigenvalue weighted by molar-refractivity contribution is 0.0858. The predicted molar refractivity (Wildman–Crippen MR) is 62.3 cm³/mol. The molecule has 0 aliphatic heterocycles. The topological polar surface area (TPSA) is 78.8 Å². The van der Waals surface area contributed by atoms with E-state index < -0.39 is 18.2 Å². The first-order valence-electron chi connectivity index (χ1n) is 5.39. The molecular formula is C12H17NO4. The van der Waals surface area contributed by atoms with Gasteiger partial charge in [-0.15, -0.1) is 0 Å². The average molecular weight is 239 g/mol. The van der Waals surface area contributed by atoms with E-state index in [0.29, 0.717) is 0 Å². The van der Waals surface area contributed by atoms with E-state index in [0.717, 1.165) is 5.56 Å². The van der Waals surface area contributed by atoms with Gasteiger partial charge in [0.25, 0.3) is 0 Å². The molecular weight excluding hydrogens is 222 g/mol. The molecule has 0 heterocycles. The summed E-state index contributed by atoms with van der Waals surface area (Å²) in [5, 5.41) is 20.5. The molecule has 0 saturated heterocycles. The summed E-state index contributed by atoms with van der Waals surface area (Å²) in [4.78, 5) is 11.3. The summed E-state index contributed by atoms with van der Waals surface area (Å²) in [6, 6.07) is 8.54. The summed E-state index contributed by atoms with van der Waals surface area (Å²) in [7, 11) is 0. The second kappa shape index (κ2) is 6.88. The molecule has 1 aromatic carbocycles. The summed E-state index contributed by atoms with van der Waals surface area (Å²) in [5.41, 5.74) is 0.875. The Kier molecular flexibility index (Phi) is 5.45. The maximum Gasteiger partial charge on any atom is 0.407 e. The summed E-state index contributed by atoms with van der Waals surface area (Å²) < 4.78 is 4.94. The number of nitrogens with one attached hydrogen (secondary N) is 1. The highest BCUT2D eigenvalue weighted by atomic mass is 16.5. The van der Waals surface area contributed by atoms with E-state index in [1.807, 2.05) is 30.3 Å². The van der Waals surface area contributed by atoms with Crippen molar-refractivity contribution in [2.75, 3.05) is 6.61 Å². The molecule has 1 amide bonds. The highest BCUT2D eigenvalue weighted by molar-refractivity contribution is 5.67. The Morgan fingerprint density at radius 2 is 2.06 bits per heavy atom. The summed E-state index contributed by atoms with van der Waals surface area (Å²) in [5.74, 6) is 0. The summed E-state index contributed by atoms with van der Waals surface area (Å²) in [6.07, 6.45) is -1.49. The molecule has 0 spiro atoms. The van der Waals surface area contributed by atoms with Crippen LogP contribution in [-0.2, 0) is 11.3 Å². The number of ether oxygens (including phenoxy) is 1. The van der Waals surface area contributed by atoms with Crippen LogP contribution in [0.3, 0.4) is 0 Å². The van der Waals surface area contributed by atoms with Gasteiger partial charge in [0.15, 0.2) is 0 Å². The SMILES string of the molecule is CC(O)[C@@H](CO)NC(=O)OCc1ccccc1. The van der Waals surface area contributed by atoms with Crippen molar-refractivity contribution in [2.24, 2.45) is 0 Å². The van der Waals surface area contributed by atoms with E-state index >= 15 is 0 Å². The second-order valence-corrected chi connectivity index (χ2v) is 3.74. The number of carbonyl (C=O) groups excluding carboxylic acids is 1. The van der Waals surface area contributed by atoms with Crippen LogP contribution in [0.2, 0.25) is 0 Å². The minimum absolute atomic E-state index is 0.157. The Morgan fingerprint density at radius 1 is 1.41 bits per heavy atom. The van der Waals surface area contributed by atoms with Crippen molar-refractivity contribution in [3.8, 4) is 0 Å². The minimum atomic E-state index is -0.829. The molecule has 0 aromatic heterocycles. The van der Waals surface area contributed by atoms with Gasteiger partial charge in [0.2, 0.25) is 0 Å².